The van der Waals surface area contributed by atoms with Crippen molar-refractivity contribution >= 4 is 28.6 Å². The fourth-order valence-corrected chi connectivity index (χ4v) is 5.32. The molecule has 4 heterocycles. The molecule has 4 aromatic rings. The smallest absolute Gasteiger partial charge is 0.330 e. The van der Waals surface area contributed by atoms with Gasteiger partial charge in [-0.25, -0.2) is 19.4 Å². The van der Waals surface area contributed by atoms with E-state index in [0.717, 1.165) is 68.0 Å². The molecular weight excluding hydrogens is 494 g/mol. The maximum absolute atomic E-state index is 11.0. The largest absolute Gasteiger partial charge is 0.378 e. The number of aromatic nitrogens is 4. The molecule has 0 bridgehead atoms. The molecule has 202 valence electrons. The third-order valence-corrected chi connectivity index (χ3v) is 7.37. The Morgan fingerprint density at radius 1 is 0.974 bits per heavy atom. The van der Waals surface area contributed by atoms with Gasteiger partial charge in [0, 0.05) is 38.3 Å². The number of urea groups is 1. The van der Waals surface area contributed by atoms with Gasteiger partial charge in [0.25, 0.3) is 0 Å². The van der Waals surface area contributed by atoms with E-state index in [-0.39, 0.29) is 6.04 Å². The summed E-state index contributed by atoms with van der Waals surface area (Å²) < 4.78 is 7.71. The van der Waals surface area contributed by atoms with Crippen molar-refractivity contribution in [1.82, 2.24) is 30.1 Å². The van der Waals surface area contributed by atoms with Gasteiger partial charge in [0.2, 0.25) is 0 Å². The molecule has 2 aliphatic heterocycles. The Labute approximate surface area is 226 Å². The molecule has 2 aliphatic rings. The predicted molar refractivity (Wildman–Crippen MR) is 150 cm³/mol. The molecule has 6 rings (SSSR count). The molecule has 0 saturated carbocycles. The van der Waals surface area contributed by atoms with Crippen molar-refractivity contribution in [3.63, 3.8) is 0 Å². The fraction of sp³-hybridized carbons (Fsp3) is 0.357. The van der Waals surface area contributed by atoms with Crippen molar-refractivity contribution in [3.8, 4) is 11.4 Å². The molecule has 2 aromatic carbocycles. The number of anilines is 2. The normalized spacial score (nSPS) is 16.9. The standard InChI is InChI=1S/C28H33N9O2/c29-28(38)34-33-22-8-6-21(7-9-22)25-31-26(36-14-16-39-17-15-36)24-18-30-37(27(24)32-25)23-10-12-35(13-11-23)19-20-4-2-1-3-5-20/h1-9,18,23,33H,10-17,19H2,(H3,29,34,38). The zero-order valence-electron chi connectivity index (χ0n) is 21.8. The van der Waals surface area contributed by atoms with Crippen molar-refractivity contribution in [3.05, 3.63) is 66.4 Å². The maximum Gasteiger partial charge on any atom is 0.330 e. The molecule has 0 radical (unpaired) electrons. The van der Waals surface area contributed by atoms with E-state index in [9.17, 15) is 4.79 Å². The van der Waals surface area contributed by atoms with E-state index in [1.807, 2.05) is 30.5 Å². The second kappa shape index (κ2) is 11.3. The number of carbonyl (C=O) groups is 1. The van der Waals surface area contributed by atoms with E-state index in [0.29, 0.717) is 24.7 Å². The molecule has 0 aliphatic carbocycles. The first-order valence-electron chi connectivity index (χ1n) is 13.4. The minimum atomic E-state index is -0.651. The first-order chi connectivity index (χ1) is 19.1. The summed E-state index contributed by atoms with van der Waals surface area (Å²) in [7, 11) is 0. The summed E-state index contributed by atoms with van der Waals surface area (Å²) in [6.07, 6.45) is 3.95. The van der Waals surface area contributed by atoms with E-state index in [2.05, 4.69) is 55.7 Å². The zero-order valence-corrected chi connectivity index (χ0v) is 21.8. The number of nitrogens with two attached hydrogens (primary N) is 1. The van der Waals surface area contributed by atoms with Crippen LogP contribution < -0.4 is 21.5 Å². The molecule has 11 nitrogen and oxygen atoms in total. The minimum Gasteiger partial charge on any atom is -0.378 e. The number of fused-ring (bicyclic) bond motifs is 1. The first kappa shape index (κ1) is 25.1. The van der Waals surface area contributed by atoms with Crippen molar-refractivity contribution in [2.75, 3.05) is 49.7 Å². The van der Waals surface area contributed by atoms with Gasteiger partial charge in [-0.15, -0.1) is 0 Å². The highest BCUT2D eigenvalue weighted by Gasteiger charge is 2.26. The summed E-state index contributed by atoms with van der Waals surface area (Å²) in [5.74, 6) is 1.53. The number of hydrogen-bond donors (Lipinski definition) is 3. The molecule has 2 amide bonds. The molecular formula is C28H33N9O2. The number of nitrogens with zero attached hydrogens (tertiary/aromatic N) is 6. The van der Waals surface area contributed by atoms with E-state index in [1.165, 1.54) is 5.56 Å². The van der Waals surface area contributed by atoms with Crippen LogP contribution in [0.3, 0.4) is 0 Å². The Kier molecular flexibility index (Phi) is 7.24. The van der Waals surface area contributed by atoms with E-state index in [4.69, 9.17) is 25.5 Å². The lowest BCUT2D eigenvalue weighted by molar-refractivity contribution is 0.122. The Hall–Kier alpha value is -4.22. The zero-order chi connectivity index (χ0) is 26.6. The lowest BCUT2D eigenvalue weighted by Gasteiger charge is -2.32. The van der Waals surface area contributed by atoms with Crippen molar-refractivity contribution < 1.29 is 9.53 Å². The molecule has 0 unspecified atom stereocenters. The van der Waals surface area contributed by atoms with Crippen LogP contribution in [0.1, 0.15) is 24.4 Å². The Balaban J connectivity index is 1.28. The monoisotopic (exact) mass is 527 g/mol. The highest BCUT2D eigenvalue weighted by Crippen LogP contribution is 2.32. The van der Waals surface area contributed by atoms with Gasteiger partial charge in [-0.3, -0.25) is 15.8 Å². The second-order valence-electron chi connectivity index (χ2n) is 9.98. The van der Waals surface area contributed by atoms with Gasteiger partial charge in [-0.05, 0) is 42.7 Å². The van der Waals surface area contributed by atoms with Gasteiger partial charge in [0.15, 0.2) is 11.5 Å². The number of piperidine rings is 1. The van der Waals surface area contributed by atoms with Crippen LogP contribution in [0.15, 0.2) is 60.8 Å². The summed E-state index contributed by atoms with van der Waals surface area (Å²) in [6.45, 7) is 5.89. The molecule has 4 N–H and O–H groups in total. The second-order valence-corrected chi connectivity index (χ2v) is 9.98. The summed E-state index contributed by atoms with van der Waals surface area (Å²) in [5, 5.41) is 5.82. The van der Waals surface area contributed by atoms with Crippen molar-refractivity contribution in [2.24, 2.45) is 5.73 Å². The maximum atomic E-state index is 11.0. The van der Waals surface area contributed by atoms with Crippen LogP contribution in [0, 0.1) is 0 Å². The van der Waals surface area contributed by atoms with E-state index in [1.54, 1.807) is 0 Å². The third kappa shape index (κ3) is 5.64. The number of rotatable bonds is 7. The van der Waals surface area contributed by atoms with Gasteiger partial charge >= 0.3 is 6.03 Å². The quantitative estimate of drug-likeness (QED) is 0.313. The molecule has 2 aromatic heterocycles. The van der Waals surface area contributed by atoms with Crippen LogP contribution in [-0.4, -0.2) is 70.1 Å². The molecule has 11 heteroatoms. The van der Waals surface area contributed by atoms with Crippen LogP contribution in [-0.2, 0) is 11.3 Å². The van der Waals surface area contributed by atoms with Crippen LogP contribution in [0.25, 0.3) is 22.4 Å². The number of hydrazine groups is 1. The van der Waals surface area contributed by atoms with Gasteiger partial charge in [0.05, 0.1) is 36.5 Å². The third-order valence-electron chi connectivity index (χ3n) is 7.37. The van der Waals surface area contributed by atoms with Crippen LogP contribution >= 0.6 is 0 Å². The minimum absolute atomic E-state index is 0.279. The number of amides is 2. The highest BCUT2D eigenvalue weighted by atomic mass is 16.5. The summed E-state index contributed by atoms with van der Waals surface area (Å²) >= 11 is 0. The topological polar surface area (TPSA) is 126 Å². The van der Waals surface area contributed by atoms with Crippen LogP contribution in [0.2, 0.25) is 0 Å². The Bertz CT molecular complexity index is 1410. The van der Waals surface area contributed by atoms with E-state index < -0.39 is 6.03 Å². The molecule has 0 atom stereocenters. The summed E-state index contributed by atoms with van der Waals surface area (Å²) in [6, 6.07) is 17.8. The lowest BCUT2D eigenvalue weighted by atomic mass is 10.0. The molecule has 39 heavy (non-hydrogen) atoms. The van der Waals surface area contributed by atoms with Crippen LogP contribution in [0.5, 0.6) is 0 Å². The number of hydrogen-bond acceptors (Lipinski definition) is 8. The van der Waals surface area contributed by atoms with Gasteiger partial charge in [0.1, 0.15) is 5.82 Å². The number of primary amides is 1. The Morgan fingerprint density at radius 3 is 2.44 bits per heavy atom. The lowest BCUT2D eigenvalue weighted by Crippen LogP contribution is -2.37. The van der Waals surface area contributed by atoms with Gasteiger partial charge < -0.3 is 15.4 Å². The molecule has 2 saturated heterocycles. The van der Waals surface area contributed by atoms with Gasteiger partial charge in [-0.1, -0.05) is 30.3 Å². The number of nitrogens with one attached hydrogen (secondary N) is 2. The summed E-state index contributed by atoms with van der Waals surface area (Å²) in [5.41, 5.74) is 14.1. The van der Waals surface area contributed by atoms with Gasteiger partial charge in [-0.2, -0.15) is 5.10 Å². The summed E-state index contributed by atoms with van der Waals surface area (Å²) in [4.78, 5) is 25.8. The number of ether oxygens (including phenoxy) is 1. The SMILES string of the molecule is NC(=O)NNc1ccc(-c2nc(N3CCOCC3)c3cnn(C4CCN(Cc5ccccc5)CC4)c3n2)cc1. The number of carbonyl (C=O) groups excluding carboxylic acids is 1. The van der Waals surface area contributed by atoms with Crippen LogP contribution in [0.4, 0.5) is 16.3 Å². The molecule has 2 fully saturated rings. The van der Waals surface area contributed by atoms with E-state index >= 15 is 0 Å². The fourth-order valence-electron chi connectivity index (χ4n) is 5.32. The number of morpholine rings is 1. The average Bonchev–Trinajstić information content (AvgIpc) is 3.41. The Morgan fingerprint density at radius 2 is 1.72 bits per heavy atom. The predicted octanol–water partition coefficient (Wildman–Crippen LogP) is 3.16. The first-order valence-corrected chi connectivity index (χ1v) is 13.4. The number of likely N-dealkylation sites (tertiary alicyclic amines) is 1. The highest BCUT2D eigenvalue weighted by molar-refractivity contribution is 5.89. The number of benzene rings is 2. The van der Waals surface area contributed by atoms with Crippen molar-refractivity contribution in [2.45, 2.75) is 25.4 Å². The van der Waals surface area contributed by atoms with Crippen molar-refractivity contribution in [1.29, 1.82) is 0 Å². The molecule has 0 spiro atoms. The average molecular weight is 528 g/mol.